The van der Waals surface area contributed by atoms with Gasteiger partial charge in [0.25, 0.3) is 0 Å². The van der Waals surface area contributed by atoms with Crippen molar-refractivity contribution in [3.63, 3.8) is 0 Å². The van der Waals surface area contributed by atoms with Crippen molar-refractivity contribution in [2.45, 2.75) is 26.7 Å². The number of hydrogen-bond donors (Lipinski definition) is 1. The van der Waals surface area contributed by atoms with E-state index in [4.69, 9.17) is 15.8 Å². The molecular weight excluding hydrogens is 211 g/mol. The summed E-state index contributed by atoms with van der Waals surface area (Å²) in [7, 11) is -2.54. The number of hydrogen-bond acceptors (Lipinski definition) is 2. The lowest BCUT2D eigenvalue weighted by atomic mass is 9.77. The van der Waals surface area contributed by atoms with Crippen LogP contribution < -0.4 is 0 Å². The first-order valence-corrected chi connectivity index (χ1v) is 5.94. The van der Waals surface area contributed by atoms with Crippen molar-refractivity contribution < 1.29 is 14.0 Å². The fourth-order valence-corrected chi connectivity index (χ4v) is 1.55. The number of terminal acetylenes is 1. The average molecular weight is 229 g/mol. The Balaban J connectivity index is 4.37. The zero-order chi connectivity index (χ0) is 11.9. The molecule has 0 saturated heterocycles. The predicted octanol–water partition coefficient (Wildman–Crippen LogP) is 2.89. The van der Waals surface area contributed by atoms with Gasteiger partial charge in [-0.15, -0.1) is 28.3 Å². The summed E-state index contributed by atoms with van der Waals surface area (Å²) in [5, 5.41) is 0. The maximum Gasteiger partial charge on any atom is 0.694 e. The van der Waals surface area contributed by atoms with Gasteiger partial charge in [-0.25, -0.2) is 0 Å². The fourth-order valence-electron chi connectivity index (χ4n) is 1.24. The molecule has 3 nitrogen and oxygen atoms in total. The molecule has 2 atom stereocenters. The van der Waals surface area contributed by atoms with Crippen LogP contribution in [0.5, 0.6) is 0 Å². The van der Waals surface area contributed by atoms with Gasteiger partial charge in [0.1, 0.15) is 6.61 Å². The summed E-state index contributed by atoms with van der Waals surface area (Å²) in [6.07, 6.45) is 8.85. The molecule has 0 aliphatic rings. The van der Waals surface area contributed by atoms with Gasteiger partial charge in [-0.05, 0) is 26.7 Å². The second-order valence-corrected chi connectivity index (χ2v) is 4.70. The average Bonchev–Trinajstić information content (AvgIpc) is 2.17. The lowest BCUT2D eigenvalue weighted by Gasteiger charge is -2.27. The van der Waals surface area contributed by atoms with Crippen molar-refractivity contribution >= 4 is 8.25 Å². The standard InChI is InChI=1S/C11H17O3P/c1-5-7-8-10(9-14-15(12)13)11(3,4)6-2/h2,5,10H,1,7-9H2,3-4H3/p+1. The molecule has 2 unspecified atom stereocenters. The van der Waals surface area contributed by atoms with Crippen molar-refractivity contribution in [3.05, 3.63) is 12.7 Å². The first-order chi connectivity index (χ1) is 6.94. The van der Waals surface area contributed by atoms with Crippen LogP contribution in [0.2, 0.25) is 0 Å². The number of rotatable bonds is 7. The molecule has 0 spiro atoms. The highest BCUT2D eigenvalue weighted by atomic mass is 31.1. The van der Waals surface area contributed by atoms with Gasteiger partial charge in [0.05, 0.1) is 0 Å². The second-order valence-electron chi connectivity index (χ2n) is 3.96. The van der Waals surface area contributed by atoms with Crippen molar-refractivity contribution in [2.75, 3.05) is 6.61 Å². The minimum absolute atomic E-state index is 0.0617. The third-order valence-electron chi connectivity index (χ3n) is 2.50. The zero-order valence-corrected chi connectivity index (χ0v) is 10.2. The molecule has 0 aliphatic heterocycles. The molecule has 4 heteroatoms. The summed E-state index contributed by atoms with van der Waals surface area (Å²) in [5.41, 5.74) is -0.339. The highest BCUT2D eigenvalue weighted by molar-refractivity contribution is 7.32. The molecule has 1 N–H and O–H groups in total. The summed E-state index contributed by atoms with van der Waals surface area (Å²) >= 11 is 0. The van der Waals surface area contributed by atoms with Crippen LogP contribution in [-0.2, 0) is 9.09 Å². The maximum atomic E-state index is 10.4. The summed E-state index contributed by atoms with van der Waals surface area (Å²) in [6, 6.07) is 0. The lowest BCUT2D eigenvalue weighted by molar-refractivity contribution is 0.159. The summed E-state index contributed by atoms with van der Waals surface area (Å²) in [6.45, 7) is 7.69. The Morgan fingerprint density at radius 2 is 2.33 bits per heavy atom. The molecule has 0 radical (unpaired) electrons. The van der Waals surface area contributed by atoms with Crippen molar-refractivity contribution in [1.82, 2.24) is 0 Å². The summed E-state index contributed by atoms with van der Waals surface area (Å²) < 4.78 is 15.2. The van der Waals surface area contributed by atoms with Crippen molar-refractivity contribution in [2.24, 2.45) is 11.3 Å². The van der Waals surface area contributed by atoms with E-state index < -0.39 is 8.25 Å². The molecule has 15 heavy (non-hydrogen) atoms. The molecular formula is C11H18O3P+. The third kappa shape index (κ3) is 5.69. The molecule has 0 bridgehead atoms. The van der Waals surface area contributed by atoms with Crippen molar-refractivity contribution in [1.29, 1.82) is 0 Å². The minimum atomic E-state index is -2.54. The van der Waals surface area contributed by atoms with E-state index in [2.05, 4.69) is 12.5 Å². The van der Waals surface area contributed by atoms with Crippen LogP contribution in [0.1, 0.15) is 26.7 Å². The Morgan fingerprint density at radius 1 is 1.73 bits per heavy atom. The van der Waals surface area contributed by atoms with Gasteiger partial charge in [-0.3, -0.25) is 0 Å². The Labute approximate surface area is 92.5 Å². The normalized spacial score (nSPS) is 14.1. The highest BCUT2D eigenvalue weighted by Gasteiger charge is 2.30. The third-order valence-corrected chi connectivity index (χ3v) is 2.87. The Hall–Kier alpha value is -0.680. The van der Waals surface area contributed by atoms with Gasteiger partial charge in [0.2, 0.25) is 0 Å². The smallest absolute Gasteiger partial charge is 0.133 e. The van der Waals surface area contributed by atoms with E-state index in [-0.39, 0.29) is 17.9 Å². The van der Waals surface area contributed by atoms with E-state index in [1.165, 1.54) is 0 Å². The molecule has 0 amide bonds. The van der Waals surface area contributed by atoms with E-state index in [1.807, 2.05) is 13.8 Å². The van der Waals surface area contributed by atoms with Crippen LogP contribution in [0, 0.1) is 23.7 Å². The first-order valence-electron chi connectivity index (χ1n) is 4.81. The lowest BCUT2D eigenvalue weighted by Crippen LogP contribution is -2.25. The molecule has 0 aliphatic carbocycles. The molecule has 0 aromatic carbocycles. The fraction of sp³-hybridized carbons (Fsp3) is 0.636. The quantitative estimate of drug-likeness (QED) is 0.415. The molecule has 0 heterocycles. The SMILES string of the molecule is C#CC(C)(C)C(CCC=C)CO[P+](=O)O. The van der Waals surface area contributed by atoms with Crippen LogP contribution in [0.3, 0.4) is 0 Å². The molecule has 0 fully saturated rings. The van der Waals surface area contributed by atoms with E-state index in [0.29, 0.717) is 0 Å². The second kappa shape index (κ2) is 6.74. The van der Waals surface area contributed by atoms with Crippen LogP contribution in [0.4, 0.5) is 0 Å². The highest BCUT2D eigenvalue weighted by Crippen LogP contribution is 2.32. The monoisotopic (exact) mass is 229 g/mol. The van der Waals surface area contributed by atoms with Gasteiger partial charge in [0.15, 0.2) is 0 Å². The predicted molar refractivity (Wildman–Crippen MR) is 61.3 cm³/mol. The summed E-state index contributed by atoms with van der Waals surface area (Å²) in [4.78, 5) is 8.58. The van der Waals surface area contributed by atoms with Crippen LogP contribution in [0.25, 0.3) is 0 Å². The zero-order valence-electron chi connectivity index (χ0n) is 9.27. The summed E-state index contributed by atoms with van der Waals surface area (Å²) in [5.74, 6) is 2.74. The molecule has 0 aromatic rings. The Kier molecular flexibility index (Phi) is 6.43. The van der Waals surface area contributed by atoms with E-state index in [9.17, 15) is 4.57 Å². The topological polar surface area (TPSA) is 46.5 Å². The van der Waals surface area contributed by atoms with Gasteiger partial charge < -0.3 is 0 Å². The Bertz CT molecular complexity index is 265. The molecule has 84 valence electrons. The van der Waals surface area contributed by atoms with Crippen LogP contribution in [-0.4, -0.2) is 11.5 Å². The van der Waals surface area contributed by atoms with Crippen LogP contribution in [0.15, 0.2) is 12.7 Å². The molecule has 0 saturated carbocycles. The van der Waals surface area contributed by atoms with Crippen molar-refractivity contribution in [3.8, 4) is 12.3 Å². The molecule has 0 aromatic heterocycles. The maximum absolute atomic E-state index is 10.4. The van der Waals surface area contributed by atoms with E-state index >= 15 is 0 Å². The molecule has 0 rings (SSSR count). The largest absolute Gasteiger partial charge is 0.694 e. The number of allylic oxidation sites excluding steroid dienone is 1. The van der Waals surface area contributed by atoms with E-state index in [1.54, 1.807) is 6.08 Å². The first kappa shape index (κ1) is 14.3. The van der Waals surface area contributed by atoms with Gasteiger partial charge in [0, 0.05) is 15.9 Å². The van der Waals surface area contributed by atoms with Crippen LogP contribution >= 0.6 is 8.25 Å². The van der Waals surface area contributed by atoms with Gasteiger partial charge in [-0.2, -0.15) is 0 Å². The minimum Gasteiger partial charge on any atom is -0.133 e. The van der Waals surface area contributed by atoms with E-state index in [0.717, 1.165) is 12.8 Å². The Morgan fingerprint density at radius 3 is 2.73 bits per heavy atom. The van der Waals surface area contributed by atoms with Gasteiger partial charge in [-0.1, -0.05) is 6.08 Å². The van der Waals surface area contributed by atoms with Gasteiger partial charge >= 0.3 is 8.25 Å².